The van der Waals surface area contributed by atoms with Crippen molar-refractivity contribution in [2.24, 2.45) is 0 Å². The first-order valence-corrected chi connectivity index (χ1v) is 12.8. The Bertz CT molecular complexity index is 1410. The highest BCUT2D eigenvalue weighted by molar-refractivity contribution is 5.79. The lowest BCUT2D eigenvalue weighted by atomic mass is 9.93. The molecule has 4 aromatic rings. The van der Waals surface area contributed by atoms with Crippen LogP contribution < -0.4 is 10.2 Å². The summed E-state index contributed by atoms with van der Waals surface area (Å²) in [6.45, 7) is 5.05. The summed E-state index contributed by atoms with van der Waals surface area (Å²) in [6, 6.07) is 10.4. The zero-order valence-electron chi connectivity index (χ0n) is 21.0. The number of nitrogens with one attached hydrogen (secondary N) is 1. The number of aryl methyl sites for hydroxylation is 2. The summed E-state index contributed by atoms with van der Waals surface area (Å²) >= 11 is 0. The van der Waals surface area contributed by atoms with Crippen LogP contribution in [0.1, 0.15) is 43.4 Å². The molecule has 3 aromatic heterocycles. The van der Waals surface area contributed by atoms with E-state index in [2.05, 4.69) is 12.2 Å². The van der Waals surface area contributed by atoms with E-state index in [-0.39, 0.29) is 0 Å². The minimum Gasteiger partial charge on any atom is -0.381 e. The average Bonchev–Trinajstić information content (AvgIpc) is 3.51. The van der Waals surface area contributed by atoms with Crippen molar-refractivity contribution in [1.82, 2.24) is 24.6 Å². The van der Waals surface area contributed by atoms with Crippen molar-refractivity contribution in [2.75, 3.05) is 30.4 Å². The minimum atomic E-state index is -0.816. The molecule has 36 heavy (non-hydrogen) atoms. The van der Waals surface area contributed by atoms with Crippen molar-refractivity contribution in [3.8, 4) is 11.4 Å². The van der Waals surface area contributed by atoms with Crippen LogP contribution in [0.2, 0.25) is 0 Å². The Balaban J connectivity index is 1.41. The van der Waals surface area contributed by atoms with Crippen LogP contribution in [-0.2, 0) is 4.74 Å². The number of benzene rings is 1. The fourth-order valence-corrected chi connectivity index (χ4v) is 5.41. The molecule has 188 valence electrons. The van der Waals surface area contributed by atoms with Gasteiger partial charge < -0.3 is 15.0 Å². The first-order chi connectivity index (χ1) is 17.5. The van der Waals surface area contributed by atoms with E-state index in [1.54, 1.807) is 7.11 Å². The lowest BCUT2D eigenvalue weighted by Crippen LogP contribution is -2.30. The van der Waals surface area contributed by atoms with E-state index in [9.17, 15) is 4.39 Å². The highest BCUT2D eigenvalue weighted by atomic mass is 19.1. The first-order valence-electron chi connectivity index (χ1n) is 12.8. The minimum absolute atomic E-state index is 0.320. The van der Waals surface area contributed by atoms with Crippen LogP contribution in [0.5, 0.6) is 0 Å². The third kappa shape index (κ3) is 4.36. The Morgan fingerprint density at radius 1 is 0.972 bits per heavy atom. The van der Waals surface area contributed by atoms with Crippen molar-refractivity contribution in [3.05, 3.63) is 41.6 Å². The summed E-state index contributed by atoms with van der Waals surface area (Å²) < 4.78 is 21.4. The van der Waals surface area contributed by atoms with E-state index in [0.717, 1.165) is 71.0 Å². The third-order valence-corrected chi connectivity index (χ3v) is 7.46. The van der Waals surface area contributed by atoms with Crippen LogP contribution in [-0.4, -0.2) is 63.1 Å². The second-order valence-electron chi connectivity index (χ2n) is 10.1. The molecule has 2 aliphatic rings. The van der Waals surface area contributed by atoms with Crippen LogP contribution in [0.25, 0.3) is 28.1 Å². The van der Waals surface area contributed by atoms with Gasteiger partial charge in [0.1, 0.15) is 29.2 Å². The fourth-order valence-electron chi connectivity index (χ4n) is 5.41. The molecule has 1 aliphatic carbocycles. The molecule has 9 heteroatoms. The molecule has 1 aromatic carbocycles. The van der Waals surface area contributed by atoms with Crippen LogP contribution in [0.15, 0.2) is 30.3 Å². The van der Waals surface area contributed by atoms with Crippen molar-refractivity contribution < 1.29 is 9.13 Å². The smallest absolute Gasteiger partial charge is 0.160 e. The van der Waals surface area contributed by atoms with E-state index in [4.69, 9.17) is 24.8 Å². The Morgan fingerprint density at radius 3 is 2.56 bits per heavy atom. The number of hydrogen-bond acceptors (Lipinski definition) is 7. The zero-order chi connectivity index (χ0) is 24.8. The molecule has 1 atom stereocenters. The largest absolute Gasteiger partial charge is 0.381 e. The normalized spacial score (nSPS) is 22.6. The Labute approximate surface area is 209 Å². The summed E-state index contributed by atoms with van der Waals surface area (Å²) in [7, 11) is 1.79. The number of aromatic nitrogens is 5. The van der Waals surface area contributed by atoms with Gasteiger partial charge in [0, 0.05) is 31.8 Å². The summed E-state index contributed by atoms with van der Waals surface area (Å²) in [6.07, 6.45) is 4.15. The lowest BCUT2D eigenvalue weighted by molar-refractivity contribution is 0.0681. The summed E-state index contributed by atoms with van der Waals surface area (Å²) in [4.78, 5) is 16.6. The van der Waals surface area contributed by atoms with Crippen LogP contribution in [0.3, 0.4) is 0 Å². The lowest BCUT2D eigenvalue weighted by Gasteiger charge is -2.29. The Morgan fingerprint density at radius 2 is 1.81 bits per heavy atom. The van der Waals surface area contributed by atoms with E-state index < -0.39 is 6.17 Å². The summed E-state index contributed by atoms with van der Waals surface area (Å²) in [5.74, 6) is 1.64. The van der Waals surface area contributed by atoms with Crippen LogP contribution >= 0.6 is 0 Å². The van der Waals surface area contributed by atoms with E-state index >= 15 is 0 Å². The van der Waals surface area contributed by atoms with Gasteiger partial charge in [-0.2, -0.15) is 9.61 Å². The third-order valence-electron chi connectivity index (χ3n) is 7.46. The number of fused-ring (bicyclic) bond motifs is 2. The van der Waals surface area contributed by atoms with Crippen LogP contribution in [0.4, 0.5) is 16.0 Å². The highest BCUT2D eigenvalue weighted by Crippen LogP contribution is 2.30. The van der Waals surface area contributed by atoms with Crippen LogP contribution in [0, 0.1) is 13.8 Å². The monoisotopic (exact) mass is 489 g/mol. The Kier molecular flexibility index (Phi) is 5.95. The number of alkyl halides is 1. The predicted molar refractivity (Wildman–Crippen MR) is 139 cm³/mol. The number of ether oxygens (including phenoxy) is 1. The van der Waals surface area contributed by atoms with Crippen molar-refractivity contribution in [2.45, 2.75) is 64.3 Å². The van der Waals surface area contributed by atoms with Crippen molar-refractivity contribution in [3.63, 3.8) is 0 Å². The van der Waals surface area contributed by atoms with Gasteiger partial charge in [0.25, 0.3) is 0 Å². The molecule has 0 spiro atoms. The molecule has 1 saturated heterocycles. The van der Waals surface area contributed by atoms with Gasteiger partial charge in [-0.25, -0.2) is 19.3 Å². The Hall–Kier alpha value is -3.33. The van der Waals surface area contributed by atoms with Gasteiger partial charge in [-0.15, -0.1) is 0 Å². The second kappa shape index (κ2) is 9.28. The van der Waals surface area contributed by atoms with Gasteiger partial charge in [-0.3, -0.25) is 0 Å². The molecule has 0 unspecified atom stereocenters. The summed E-state index contributed by atoms with van der Waals surface area (Å²) in [5.41, 5.74) is 5.86. The maximum absolute atomic E-state index is 14.0. The molecule has 4 heterocycles. The van der Waals surface area contributed by atoms with Gasteiger partial charge in [0.15, 0.2) is 5.65 Å². The molecule has 0 amide bonds. The van der Waals surface area contributed by atoms with Gasteiger partial charge in [0.2, 0.25) is 0 Å². The molecule has 0 radical (unpaired) electrons. The van der Waals surface area contributed by atoms with Gasteiger partial charge in [0.05, 0.1) is 29.4 Å². The molecule has 1 aliphatic heterocycles. The van der Waals surface area contributed by atoms with Gasteiger partial charge >= 0.3 is 0 Å². The first kappa shape index (κ1) is 23.1. The number of anilines is 2. The van der Waals surface area contributed by atoms with E-state index in [0.29, 0.717) is 37.3 Å². The topological polar surface area (TPSA) is 80.5 Å². The van der Waals surface area contributed by atoms with Gasteiger partial charge in [-0.05, 0) is 63.6 Å². The van der Waals surface area contributed by atoms with E-state index in [1.807, 2.05) is 46.7 Å². The number of rotatable bonds is 5. The quantitative estimate of drug-likeness (QED) is 0.428. The SMILES string of the molecule is COC1CCC(Nc2cc(N3CC[C@@H](F)C3)nc3cc(-c4nc5cc(C)ccc5nc4C)nn23)CC1. The second-order valence-corrected chi connectivity index (χ2v) is 10.1. The number of halogens is 1. The molecular weight excluding hydrogens is 457 g/mol. The molecular formula is C27H32FN7O. The van der Waals surface area contributed by atoms with Crippen molar-refractivity contribution >= 4 is 28.3 Å². The van der Waals surface area contributed by atoms with Gasteiger partial charge in [-0.1, -0.05) is 6.07 Å². The zero-order valence-corrected chi connectivity index (χ0v) is 21.0. The molecule has 6 rings (SSSR count). The standard InChI is InChI=1S/C27H32FN7O/c1-16-4-9-21-22(12-16)31-27(17(2)29-21)23-13-25-32-24(34-11-10-18(28)15-34)14-26(35(25)33-23)30-19-5-7-20(36-3)8-6-19/h4,9,12-14,18-20,30H,5-8,10-11,15H2,1-3H3/t18-,19?,20?/m1/s1. The molecule has 0 bridgehead atoms. The predicted octanol–water partition coefficient (Wildman–Crippen LogP) is 4.87. The molecule has 1 N–H and O–H groups in total. The van der Waals surface area contributed by atoms with E-state index in [1.165, 1.54) is 0 Å². The van der Waals surface area contributed by atoms with Crippen molar-refractivity contribution in [1.29, 1.82) is 0 Å². The molecule has 8 nitrogen and oxygen atoms in total. The maximum Gasteiger partial charge on any atom is 0.160 e. The molecule has 2 fully saturated rings. The number of methoxy groups -OCH3 is 1. The average molecular weight is 490 g/mol. The number of hydrogen-bond donors (Lipinski definition) is 1. The maximum atomic E-state index is 14.0. The molecule has 1 saturated carbocycles. The summed E-state index contributed by atoms with van der Waals surface area (Å²) in [5, 5.41) is 8.63. The fraction of sp³-hybridized carbons (Fsp3) is 0.481. The number of nitrogens with zero attached hydrogens (tertiary/aromatic N) is 6. The highest BCUT2D eigenvalue weighted by Gasteiger charge is 2.26.